The quantitative estimate of drug-likeness (QED) is 0.165. The molecule has 0 amide bonds. The van der Waals surface area contributed by atoms with Gasteiger partial charge in [0.15, 0.2) is 0 Å². The Morgan fingerprint density at radius 2 is 0.863 bits per heavy atom. The minimum atomic E-state index is -0.221. The third-order valence-electron chi connectivity index (χ3n) is 9.55. The summed E-state index contributed by atoms with van der Waals surface area (Å²) in [6.45, 7) is 0. The summed E-state index contributed by atoms with van der Waals surface area (Å²) in [7, 11) is 0. The third-order valence-corrected chi connectivity index (χ3v) is 9.55. The van der Waals surface area contributed by atoms with Gasteiger partial charge in [0.1, 0.15) is 0 Å². The second-order valence-electron chi connectivity index (χ2n) is 12.7. The fourth-order valence-corrected chi connectivity index (χ4v) is 6.90. The fourth-order valence-electron chi connectivity index (χ4n) is 6.90. The lowest BCUT2D eigenvalue weighted by molar-refractivity contribution is 1.28. The minimum absolute atomic E-state index is 0.0278. The van der Waals surface area contributed by atoms with Crippen molar-refractivity contribution in [3.63, 3.8) is 0 Å². The molecule has 0 fully saturated rings. The van der Waals surface area contributed by atoms with E-state index < -0.39 is 0 Å². The van der Waals surface area contributed by atoms with Crippen LogP contribution < -0.4 is 4.90 Å². The molecule has 0 heterocycles. The number of hydrogen-bond acceptors (Lipinski definition) is 1. The second-order valence-corrected chi connectivity index (χ2v) is 12.7. The van der Waals surface area contributed by atoms with Gasteiger partial charge in [-0.25, -0.2) is 0 Å². The minimum Gasteiger partial charge on any atom is -0.310 e. The molecule has 0 N–H and O–H groups in total. The number of fused-ring (bicyclic) bond motifs is 2. The van der Waals surface area contributed by atoms with Crippen LogP contribution >= 0.6 is 0 Å². The molecule has 0 aliphatic heterocycles. The Kier molecular flexibility index (Phi) is 6.84. The van der Waals surface area contributed by atoms with Gasteiger partial charge in [0, 0.05) is 17.1 Å². The number of benzene rings is 9. The van der Waals surface area contributed by atoms with E-state index in [2.05, 4.69) is 97.1 Å². The molecule has 9 aromatic rings. The molecule has 51 heavy (non-hydrogen) atoms. The number of anilines is 3. The largest absolute Gasteiger partial charge is 0.310 e. The van der Waals surface area contributed by atoms with E-state index in [0.717, 1.165) is 60.7 Å². The summed E-state index contributed by atoms with van der Waals surface area (Å²) >= 11 is 0. The van der Waals surface area contributed by atoms with Crippen LogP contribution in [0.15, 0.2) is 212 Å². The van der Waals surface area contributed by atoms with Gasteiger partial charge in [-0.3, -0.25) is 0 Å². The third kappa shape index (κ3) is 6.07. The van der Waals surface area contributed by atoms with E-state index in [1.807, 2.05) is 95.9 Å². The van der Waals surface area contributed by atoms with Crippen molar-refractivity contribution in [3.05, 3.63) is 212 Å². The van der Waals surface area contributed by atoms with Crippen molar-refractivity contribution in [1.29, 1.82) is 0 Å². The molecule has 0 atom stereocenters. The predicted octanol–water partition coefficient (Wildman–Crippen LogP) is 14.1. The molecule has 0 saturated heterocycles. The Balaban J connectivity index is 1.18. The molecule has 0 saturated carbocycles. The van der Waals surface area contributed by atoms with E-state index in [0.29, 0.717) is 11.1 Å². The predicted molar refractivity (Wildman–Crippen MR) is 218 cm³/mol. The zero-order chi connectivity index (χ0) is 37.5. The first-order chi connectivity index (χ1) is 26.9. The molecule has 240 valence electrons. The van der Waals surface area contributed by atoms with Gasteiger partial charge < -0.3 is 4.90 Å². The normalized spacial score (nSPS) is 12.2. The summed E-state index contributed by atoms with van der Waals surface area (Å²) in [4.78, 5) is 1.89. The average molecular weight is 654 g/mol. The number of nitrogens with zero attached hydrogens (tertiary/aromatic N) is 1. The molecule has 0 spiro atoms. The lowest BCUT2D eigenvalue weighted by Crippen LogP contribution is -2.10. The molecule has 0 aliphatic rings. The van der Waals surface area contributed by atoms with Crippen LogP contribution in [0.3, 0.4) is 0 Å². The second kappa shape index (κ2) is 13.3. The summed E-state index contributed by atoms with van der Waals surface area (Å²) in [6, 6.07) is 63.1. The summed E-state index contributed by atoms with van der Waals surface area (Å²) in [6.07, 6.45) is 0. The number of rotatable bonds is 7. The van der Waals surface area contributed by atoms with E-state index in [1.165, 1.54) is 5.56 Å². The molecule has 9 aromatic carbocycles. The van der Waals surface area contributed by atoms with Gasteiger partial charge >= 0.3 is 0 Å². The topological polar surface area (TPSA) is 3.24 Å². The van der Waals surface area contributed by atoms with Gasteiger partial charge in [0.2, 0.25) is 0 Å². The van der Waals surface area contributed by atoms with Crippen LogP contribution in [0.5, 0.6) is 0 Å². The molecule has 0 unspecified atom stereocenters. The highest BCUT2D eigenvalue weighted by Crippen LogP contribution is 2.39. The smallest absolute Gasteiger partial charge is 0.0651 e. The van der Waals surface area contributed by atoms with E-state index in [1.54, 1.807) is 0 Å². The zero-order valence-corrected chi connectivity index (χ0v) is 27.8. The highest BCUT2D eigenvalue weighted by molar-refractivity contribution is 5.97. The van der Waals surface area contributed by atoms with E-state index in [9.17, 15) is 2.74 Å². The zero-order valence-electron chi connectivity index (χ0n) is 31.8. The lowest BCUT2D eigenvalue weighted by Gasteiger charge is -2.26. The van der Waals surface area contributed by atoms with Crippen molar-refractivity contribution >= 4 is 38.6 Å². The first-order valence-corrected chi connectivity index (χ1v) is 17.2. The molecular formula is C50H35N. The highest BCUT2D eigenvalue weighted by atomic mass is 15.1. The molecular weight excluding hydrogens is 615 g/mol. The van der Waals surface area contributed by atoms with Crippen molar-refractivity contribution in [2.24, 2.45) is 0 Å². The summed E-state index contributed by atoms with van der Waals surface area (Å²) < 4.78 is 37.0. The average Bonchev–Trinajstić information content (AvgIpc) is 3.25. The van der Waals surface area contributed by atoms with Crippen LogP contribution in [0, 0.1) is 0 Å². The maximum absolute atomic E-state index is 9.67. The molecule has 0 radical (unpaired) electrons. The highest BCUT2D eigenvalue weighted by Gasteiger charge is 2.15. The van der Waals surface area contributed by atoms with Crippen LogP contribution in [0.2, 0.25) is 0 Å². The van der Waals surface area contributed by atoms with Crippen LogP contribution in [-0.2, 0) is 0 Å². The lowest BCUT2D eigenvalue weighted by atomic mass is 9.97. The van der Waals surface area contributed by atoms with Crippen LogP contribution in [0.4, 0.5) is 17.1 Å². The summed E-state index contributed by atoms with van der Waals surface area (Å²) in [5.41, 5.74) is 9.32. The van der Waals surface area contributed by atoms with Crippen molar-refractivity contribution in [1.82, 2.24) is 0 Å². The first-order valence-electron chi connectivity index (χ1n) is 19.2. The van der Waals surface area contributed by atoms with Gasteiger partial charge in [-0.2, -0.15) is 0 Å². The Labute approximate surface area is 305 Å². The van der Waals surface area contributed by atoms with Gasteiger partial charge in [0.05, 0.1) is 5.48 Å². The van der Waals surface area contributed by atoms with Crippen LogP contribution in [0.1, 0.15) is 5.48 Å². The fraction of sp³-hybridized carbons (Fsp3) is 0. The SMILES string of the molecule is [2H]c1c([2H])c(-c2ccc3ccccc3c2)c([2H])c(N(c2ccc(-c3ccc(-c4ccccc4)cc3)cc2)c2ccc(-c3cccc4ccccc34)cc2)c1[2H]. The molecule has 0 aromatic heterocycles. The molecule has 0 aliphatic carbocycles. The summed E-state index contributed by atoms with van der Waals surface area (Å²) in [5, 5.41) is 4.36. The van der Waals surface area contributed by atoms with Crippen LogP contribution in [-0.4, -0.2) is 0 Å². The standard InChI is InChI=1S/C50H35N/c1-2-10-36(11-3-1)38-20-22-39(23-21-38)40-26-30-46(31-27-40)51(47-32-28-42(29-33-47)50-19-9-15-41-13-6-7-18-49(41)50)48-17-8-16-44(35-48)45-25-24-37-12-4-5-14-43(37)34-45/h1-35H/i8D,16D,17D,35D. The van der Waals surface area contributed by atoms with Crippen molar-refractivity contribution in [2.75, 3.05) is 4.90 Å². The maximum Gasteiger partial charge on any atom is 0.0651 e. The maximum atomic E-state index is 9.67. The molecule has 1 nitrogen and oxygen atoms in total. The van der Waals surface area contributed by atoms with Crippen molar-refractivity contribution in [3.8, 4) is 44.5 Å². The van der Waals surface area contributed by atoms with E-state index in [4.69, 9.17) is 2.74 Å². The Morgan fingerprint density at radius 3 is 1.57 bits per heavy atom. The van der Waals surface area contributed by atoms with Crippen LogP contribution in [0.25, 0.3) is 66.1 Å². The Bertz CT molecular complexity index is 2830. The van der Waals surface area contributed by atoms with E-state index >= 15 is 0 Å². The molecule has 1 heteroatoms. The van der Waals surface area contributed by atoms with Gasteiger partial charge in [-0.15, -0.1) is 0 Å². The van der Waals surface area contributed by atoms with Crippen molar-refractivity contribution < 1.29 is 5.48 Å². The van der Waals surface area contributed by atoms with Gasteiger partial charge in [0.25, 0.3) is 0 Å². The van der Waals surface area contributed by atoms with E-state index in [-0.39, 0.29) is 29.9 Å². The Morgan fingerprint density at radius 1 is 0.333 bits per heavy atom. The first kappa shape index (κ1) is 26.2. The molecule has 9 rings (SSSR count). The van der Waals surface area contributed by atoms with Crippen molar-refractivity contribution in [2.45, 2.75) is 0 Å². The Hall–Kier alpha value is -6.70. The number of hydrogen-bond donors (Lipinski definition) is 0. The monoisotopic (exact) mass is 653 g/mol. The van der Waals surface area contributed by atoms with Gasteiger partial charge in [-0.05, 0) is 108 Å². The van der Waals surface area contributed by atoms with Gasteiger partial charge in [-0.1, -0.05) is 170 Å². The summed E-state index contributed by atoms with van der Waals surface area (Å²) in [5.74, 6) is 0. The molecule has 0 bridgehead atoms.